The highest BCUT2D eigenvalue weighted by atomic mass is 32.1. The first-order valence-electron chi connectivity index (χ1n) is 9.28. The summed E-state index contributed by atoms with van der Waals surface area (Å²) in [5.74, 6) is -0.166. The third kappa shape index (κ3) is 5.04. The van der Waals surface area contributed by atoms with E-state index in [1.54, 1.807) is 30.3 Å². The number of hydrogen-bond acceptors (Lipinski definition) is 7. The van der Waals surface area contributed by atoms with E-state index >= 15 is 0 Å². The van der Waals surface area contributed by atoms with Crippen LogP contribution in [0.15, 0.2) is 48.0 Å². The van der Waals surface area contributed by atoms with Crippen molar-refractivity contribution in [2.24, 2.45) is 0 Å². The van der Waals surface area contributed by atoms with Gasteiger partial charge in [0.2, 0.25) is 0 Å². The van der Waals surface area contributed by atoms with Gasteiger partial charge in [-0.1, -0.05) is 6.07 Å². The van der Waals surface area contributed by atoms with Crippen molar-refractivity contribution in [2.45, 2.75) is 13.5 Å². The Morgan fingerprint density at radius 3 is 2.48 bits per heavy atom. The number of amides is 2. The summed E-state index contributed by atoms with van der Waals surface area (Å²) in [5, 5.41) is 13.3. The van der Waals surface area contributed by atoms with Crippen LogP contribution in [0.2, 0.25) is 0 Å². The molecular formula is C21H19N3O6S. The van der Waals surface area contributed by atoms with E-state index < -0.39 is 16.7 Å². The lowest BCUT2D eigenvalue weighted by atomic mass is 10.1. The van der Waals surface area contributed by atoms with Gasteiger partial charge in [0.25, 0.3) is 17.5 Å². The molecule has 31 heavy (non-hydrogen) atoms. The highest BCUT2D eigenvalue weighted by molar-refractivity contribution is 7.80. The Labute approximate surface area is 183 Å². The molecule has 0 saturated carbocycles. The second kappa shape index (κ2) is 9.35. The molecule has 0 spiro atoms. The van der Waals surface area contributed by atoms with Gasteiger partial charge < -0.3 is 9.47 Å². The highest BCUT2D eigenvalue weighted by Gasteiger charge is 2.30. The van der Waals surface area contributed by atoms with Gasteiger partial charge in [-0.3, -0.25) is 29.9 Å². The molecule has 2 aromatic rings. The Morgan fingerprint density at radius 1 is 1.13 bits per heavy atom. The Kier molecular flexibility index (Phi) is 6.61. The fraction of sp³-hybridized carbons (Fsp3) is 0.190. The zero-order valence-electron chi connectivity index (χ0n) is 16.8. The minimum atomic E-state index is -0.565. The Bertz CT molecular complexity index is 1080. The molecule has 10 heteroatoms. The number of carbonyl (C=O) groups is 2. The van der Waals surface area contributed by atoms with Crippen LogP contribution in [-0.4, -0.2) is 40.4 Å². The lowest BCUT2D eigenvalue weighted by molar-refractivity contribution is -0.384. The minimum absolute atomic E-state index is 0.00356. The zero-order chi connectivity index (χ0) is 22.5. The van der Waals surface area contributed by atoms with Crippen LogP contribution in [0.5, 0.6) is 11.5 Å². The van der Waals surface area contributed by atoms with Gasteiger partial charge in [0, 0.05) is 19.2 Å². The average molecular weight is 441 g/mol. The summed E-state index contributed by atoms with van der Waals surface area (Å²) in [7, 11) is 1.48. The summed E-state index contributed by atoms with van der Waals surface area (Å²) in [4.78, 5) is 36.0. The predicted octanol–water partition coefficient (Wildman–Crippen LogP) is 2.83. The SMILES string of the molecule is CCOc1cc(/C=C2\C(=O)NC(=S)N(C)C2=O)ccc1OCc1ccc([N+](=O)[O-])cc1. The molecule has 1 heterocycles. The summed E-state index contributed by atoms with van der Waals surface area (Å²) in [5.41, 5.74) is 1.29. The molecule has 0 radical (unpaired) electrons. The van der Waals surface area contributed by atoms with E-state index in [4.69, 9.17) is 21.7 Å². The van der Waals surface area contributed by atoms with E-state index in [9.17, 15) is 19.7 Å². The smallest absolute Gasteiger partial charge is 0.269 e. The van der Waals surface area contributed by atoms with E-state index in [1.165, 1.54) is 30.2 Å². The monoisotopic (exact) mass is 441 g/mol. The maximum absolute atomic E-state index is 12.4. The van der Waals surface area contributed by atoms with Crippen LogP contribution in [0.25, 0.3) is 6.08 Å². The Balaban J connectivity index is 1.80. The highest BCUT2D eigenvalue weighted by Crippen LogP contribution is 2.30. The molecule has 1 N–H and O–H groups in total. The van der Waals surface area contributed by atoms with Crippen molar-refractivity contribution in [3.63, 3.8) is 0 Å². The number of non-ortho nitro benzene ring substituents is 1. The molecule has 160 valence electrons. The maximum atomic E-state index is 12.4. The number of likely N-dealkylation sites (N-methyl/N-ethyl adjacent to an activating group) is 1. The first-order chi connectivity index (χ1) is 14.8. The van der Waals surface area contributed by atoms with Crippen LogP contribution in [0.3, 0.4) is 0 Å². The molecule has 1 saturated heterocycles. The molecule has 9 nitrogen and oxygen atoms in total. The topological polar surface area (TPSA) is 111 Å². The summed E-state index contributed by atoms with van der Waals surface area (Å²) in [6.45, 7) is 2.38. The summed E-state index contributed by atoms with van der Waals surface area (Å²) in [6, 6.07) is 11.1. The Morgan fingerprint density at radius 2 is 1.84 bits per heavy atom. The maximum Gasteiger partial charge on any atom is 0.269 e. The fourth-order valence-electron chi connectivity index (χ4n) is 2.79. The van der Waals surface area contributed by atoms with Crippen LogP contribution >= 0.6 is 12.2 Å². The number of rotatable bonds is 7. The van der Waals surface area contributed by atoms with Gasteiger partial charge in [-0.05, 0) is 60.6 Å². The number of hydrogen-bond donors (Lipinski definition) is 1. The van der Waals surface area contributed by atoms with E-state index in [0.717, 1.165) is 5.56 Å². The van der Waals surface area contributed by atoms with Crippen molar-refractivity contribution < 1.29 is 24.0 Å². The molecule has 1 aliphatic rings. The molecule has 3 rings (SSSR count). The molecule has 1 fully saturated rings. The number of nitro benzene ring substituents is 1. The normalized spacial score (nSPS) is 15.1. The van der Waals surface area contributed by atoms with Gasteiger partial charge in [0.1, 0.15) is 12.2 Å². The molecule has 0 unspecified atom stereocenters. The first-order valence-corrected chi connectivity index (χ1v) is 9.69. The number of thiocarbonyl (C=S) groups is 1. The second-order valence-electron chi connectivity index (χ2n) is 6.53. The van der Waals surface area contributed by atoms with Crippen molar-refractivity contribution in [1.82, 2.24) is 10.2 Å². The number of nitro groups is 1. The van der Waals surface area contributed by atoms with Crippen LogP contribution in [0.4, 0.5) is 5.69 Å². The van der Waals surface area contributed by atoms with Gasteiger partial charge in [0.05, 0.1) is 11.5 Å². The van der Waals surface area contributed by atoms with Crippen LogP contribution in [0.1, 0.15) is 18.1 Å². The van der Waals surface area contributed by atoms with Crippen LogP contribution < -0.4 is 14.8 Å². The van der Waals surface area contributed by atoms with Crippen molar-refractivity contribution in [1.29, 1.82) is 0 Å². The number of ether oxygens (including phenoxy) is 2. The second-order valence-corrected chi connectivity index (χ2v) is 6.92. The third-order valence-electron chi connectivity index (χ3n) is 4.42. The molecule has 0 atom stereocenters. The summed E-state index contributed by atoms with van der Waals surface area (Å²) < 4.78 is 11.4. The van der Waals surface area contributed by atoms with Gasteiger partial charge in [0.15, 0.2) is 16.6 Å². The van der Waals surface area contributed by atoms with E-state index in [0.29, 0.717) is 23.7 Å². The predicted molar refractivity (Wildman–Crippen MR) is 117 cm³/mol. The van der Waals surface area contributed by atoms with Gasteiger partial charge in [-0.2, -0.15) is 0 Å². The van der Waals surface area contributed by atoms with Gasteiger partial charge in [-0.15, -0.1) is 0 Å². The number of benzene rings is 2. The largest absolute Gasteiger partial charge is 0.490 e. The zero-order valence-corrected chi connectivity index (χ0v) is 17.6. The molecular weight excluding hydrogens is 422 g/mol. The molecule has 1 aliphatic heterocycles. The Hall–Kier alpha value is -3.79. The number of carbonyl (C=O) groups excluding carboxylic acids is 2. The van der Waals surface area contributed by atoms with Crippen molar-refractivity contribution in [3.05, 3.63) is 69.3 Å². The molecule has 0 bridgehead atoms. The minimum Gasteiger partial charge on any atom is -0.490 e. The van der Waals surface area contributed by atoms with Gasteiger partial charge in [-0.25, -0.2) is 0 Å². The third-order valence-corrected chi connectivity index (χ3v) is 4.80. The van der Waals surface area contributed by atoms with Crippen molar-refractivity contribution >= 4 is 40.9 Å². The van der Waals surface area contributed by atoms with Crippen LogP contribution in [0, 0.1) is 10.1 Å². The first kappa shape index (κ1) is 21.9. The van der Waals surface area contributed by atoms with Crippen molar-refractivity contribution in [3.8, 4) is 11.5 Å². The van der Waals surface area contributed by atoms with Gasteiger partial charge >= 0.3 is 0 Å². The van der Waals surface area contributed by atoms with E-state index in [2.05, 4.69) is 5.32 Å². The lowest BCUT2D eigenvalue weighted by Gasteiger charge is -2.25. The number of nitrogens with zero attached hydrogens (tertiary/aromatic N) is 2. The van der Waals surface area contributed by atoms with Crippen molar-refractivity contribution in [2.75, 3.05) is 13.7 Å². The van der Waals surface area contributed by atoms with E-state index in [-0.39, 0.29) is 23.0 Å². The quantitative estimate of drug-likeness (QED) is 0.231. The summed E-state index contributed by atoms with van der Waals surface area (Å²) in [6.07, 6.45) is 1.46. The van der Waals surface area contributed by atoms with Crippen LogP contribution in [-0.2, 0) is 16.2 Å². The average Bonchev–Trinajstić information content (AvgIpc) is 2.75. The molecule has 0 aromatic heterocycles. The lowest BCUT2D eigenvalue weighted by Crippen LogP contribution is -2.52. The standard InChI is InChI=1S/C21H19N3O6S/c1-3-29-18-11-14(10-16-19(25)22-21(31)23(2)20(16)26)6-9-17(18)30-12-13-4-7-15(8-5-13)24(27)28/h4-11H,3,12H2,1-2H3,(H,22,25,31)/b16-10+. The fourth-order valence-corrected chi connectivity index (χ4v) is 2.96. The molecule has 2 aromatic carbocycles. The molecule has 0 aliphatic carbocycles. The summed E-state index contributed by atoms with van der Waals surface area (Å²) >= 11 is 4.94. The van der Waals surface area contributed by atoms with E-state index in [1.807, 2.05) is 6.92 Å². The number of nitrogens with one attached hydrogen (secondary N) is 1. The molecule has 2 amide bonds.